The number of hydrogen-bond donors (Lipinski definition) is 1. The van der Waals surface area contributed by atoms with Gasteiger partial charge in [-0.25, -0.2) is 0 Å². The summed E-state index contributed by atoms with van der Waals surface area (Å²) in [6, 6.07) is 3.83. The summed E-state index contributed by atoms with van der Waals surface area (Å²) in [5.41, 5.74) is 1.91. The first-order valence-corrected chi connectivity index (χ1v) is 7.63. The van der Waals surface area contributed by atoms with E-state index in [-0.39, 0.29) is 12.3 Å². The molecule has 0 amide bonds. The monoisotopic (exact) mass is 301 g/mol. The Labute approximate surface area is 134 Å². The van der Waals surface area contributed by atoms with E-state index in [0.29, 0.717) is 0 Å². The van der Waals surface area contributed by atoms with E-state index < -0.39 is 5.97 Å². The molecule has 22 heavy (non-hydrogen) atoms. The third-order valence-electron chi connectivity index (χ3n) is 3.23. The number of carboxylic acids is 1. The molecular formula is C19H27NO2. The molecule has 0 saturated carbocycles. The van der Waals surface area contributed by atoms with Gasteiger partial charge in [-0.15, -0.1) is 6.58 Å². The molecular weight excluding hydrogens is 274 g/mol. The van der Waals surface area contributed by atoms with Crippen molar-refractivity contribution in [1.29, 1.82) is 0 Å². The van der Waals surface area contributed by atoms with E-state index in [1.54, 1.807) is 24.4 Å². The van der Waals surface area contributed by atoms with Crippen molar-refractivity contribution in [2.24, 2.45) is 5.92 Å². The van der Waals surface area contributed by atoms with Crippen molar-refractivity contribution in [2.75, 3.05) is 0 Å². The highest BCUT2D eigenvalue weighted by Crippen LogP contribution is 2.14. The average molecular weight is 301 g/mol. The Bertz CT molecular complexity index is 453. The van der Waals surface area contributed by atoms with Crippen LogP contribution in [0.2, 0.25) is 0 Å². The molecule has 0 spiro atoms. The highest BCUT2D eigenvalue weighted by molar-refractivity contribution is 5.67. The van der Waals surface area contributed by atoms with Crippen molar-refractivity contribution in [2.45, 2.75) is 39.0 Å². The largest absolute Gasteiger partial charge is 0.481 e. The van der Waals surface area contributed by atoms with Crippen molar-refractivity contribution in [3.63, 3.8) is 0 Å². The first-order chi connectivity index (χ1) is 10.6. The Morgan fingerprint density at radius 3 is 2.50 bits per heavy atom. The predicted octanol–water partition coefficient (Wildman–Crippen LogP) is 5.21. The highest BCUT2D eigenvalue weighted by Gasteiger charge is 2.08. The zero-order valence-corrected chi connectivity index (χ0v) is 13.5. The average Bonchev–Trinajstić information content (AvgIpc) is 2.54. The molecule has 1 N–H and O–H groups in total. The van der Waals surface area contributed by atoms with Crippen molar-refractivity contribution in [3.8, 4) is 0 Å². The fourth-order valence-corrected chi connectivity index (χ4v) is 1.96. The number of aromatic nitrogens is 1. The normalized spacial score (nSPS) is 10.8. The van der Waals surface area contributed by atoms with Crippen molar-refractivity contribution in [3.05, 3.63) is 55.4 Å². The third kappa shape index (κ3) is 8.90. The van der Waals surface area contributed by atoms with Crippen molar-refractivity contribution >= 4 is 18.1 Å². The van der Waals surface area contributed by atoms with Crippen LogP contribution in [0.4, 0.5) is 0 Å². The maximum atomic E-state index is 10.4. The number of aliphatic carboxylic acids is 1. The molecule has 0 aliphatic heterocycles. The van der Waals surface area contributed by atoms with E-state index in [1.807, 2.05) is 12.1 Å². The molecule has 1 aromatic rings. The van der Waals surface area contributed by atoms with Crippen LogP contribution in [0, 0.1) is 5.92 Å². The lowest BCUT2D eigenvalue weighted by atomic mass is 9.98. The van der Waals surface area contributed by atoms with Crippen LogP contribution in [-0.2, 0) is 4.79 Å². The van der Waals surface area contributed by atoms with Crippen LogP contribution in [-0.4, -0.2) is 16.1 Å². The van der Waals surface area contributed by atoms with Gasteiger partial charge in [0.2, 0.25) is 0 Å². The van der Waals surface area contributed by atoms with E-state index >= 15 is 0 Å². The molecule has 0 aliphatic carbocycles. The summed E-state index contributed by atoms with van der Waals surface area (Å²) < 4.78 is 0. The molecule has 0 saturated heterocycles. The molecule has 1 atom stereocenters. The molecule has 3 heteroatoms. The first kappa shape index (κ1) is 19.8. The molecule has 1 heterocycles. The maximum absolute atomic E-state index is 10.4. The molecule has 0 radical (unpaired) electrons. The first-order valence-electron chi connectivity index (χ1n) is 7.63. The molecule has 1 aromatic heterocycles. The van der Waals surface area contributed by atoms with Crippen molar-refractivity contribution < 1.29 is 9.90 Å². The van der Waals surface area contributed by atoms with Crippen LogP contribution in [0.1, 0.15) is 50.3 Å². The minimum Gasteiger partial charge on any atom is -0.481 e. The number of rotatable bonds is 9. The van der Waals surface area contributed by atoms with Gasteiger partial charge in [0, 0.05) is 6.20 Å². The van der Waals surface area contributed by atoms with Gasteiger partial charge in [-0.2, -0.15) is 0 Å². The lowest BCUT2D eigenvalue weighted by molar-refractivity contribution is -0.137. The van der Waals surface area contributed by atoms with E-state index in [9.17, 15) is 4.79 Å². The van der Waals surface area contributed by atoms with Gasteiger partial charge in [0.05, 0.1) is 12.1 Å². The summed E-state index contributed by atoms with van der Waals surface area (Å²) >= 11 is 0. The Morgan fingerprint density at radius 1 is 1.32 bits per heavy atom. The summed E-state index contributed by atoms with van der Waals surface area (Å²) in [6.07, 6.45) is 11.6. The van der Waals surface area contributed by atoms with E-state index in [2.05, 4.69) is 31.6 Å². The minimum atomic E-state index is -0.726. The molecule has 1 unspecified atom stereocenters. The second kappa shape index (κ2) is 12.6. The van der Waals surface area contributed by atoms with Crippen LogP contribution in [0.5, 0.6) is 0 Å². The summed E-state index contributed by atoms with van der Waals surface area (Å²) in [6.45, 7) is 13.0. The maximum Gasteiger partial charge on any atom is 0.303 e. The van der Waals surface area contributed by atoms with Crippen molar-refractivity contribution in [1.82, 2.24) is 4.98 Å². The fourth-order valence-electron chi connectivity index (χ4n) is 1.96. The molecule has 0 aliphatic rings. The fraction of sp³-hybridized carbons (Fsp3) is 0.368. The molecule has 1 rings (SSSR count). The van der Waals surface area contributed by atoms with Crippen LogP contribution in [0.15, 0.2) is 44.1 Å². The van der Waals surface area contributed by atoms with Gasteiger partial charge < -0.3 is 5.11 Å². The highest BCUT2D eigenvalue weighted by atomic mass is 16.4. The number of allylic oxidation sites excluding steroid dienone is 1. The number of carbonyl (C=O) groups is 1. The zero-order valence-electron chi connectivity index (χ0n) is 13.5. The Kier molecular flexibility index (Phi) is 11.3. The van der Waals surface area contributed by atoms with Crippen LogP contribution in [0.3, 0.4) is 0 Å². The smallest absolute Gasteiger partial charge is 0.303 e. The molecule has 0 bridgehead atoms. The SMILES string of the molecule is C=CC(CCCCC)CC(=O)O.C=Cc1cccnc1C=C. The van der Waals surface area contributed by atoms with E-state index in [0.717, 1.165) is 24.1 Å². The standard InChI is InChI=1S/C10H18O2.C9H9N/c1-3-5-6-7-9(4-2)8-10(11)12;1-3-8-6-5-7-10-9(8)4-2/h4,9H,2-3,5-8H2,1H3,(H,11,12);3-7H,1-2H2. The van der Waals surface area contributed by atoms with Gasteiger partial charge >= 0.3 is 5.97 Å². The summed E-state index contributed by atoms with van der Waals surface area (Å²) in [5.74, 6) is -0.564. The second-order valence-electron chi connectivity index (χ2n) is 4.98. The second-order valence-corrected chi connectivity index (χ2v) is 4.98. The number of hydrogen-bond acceptors (Lipinski definition) is 2. The Balaban J connectivity index is 0.000000406. The number of unbranched alkanes of at least 4 members (excludes halogenated alkanes) is 2. The Morgan fingerprint density at radius 2 is 2.05 bits per heavy atom. The van der Waals surface area contributed by atoms with E-state index in [1.165, 1.54) is 12.8 Å². The Hall–Kier alpha value is -2.16. The summed E-state index contributed by atoms with van der Waals surface area (Å²) in [7, 11) is 0. The predicted molar refractivity (Wildman–Crippen MR) is 94.5 cm³/mol. The molecule has 0 fully saturated rings. The van der Waals surface area contributed by atoms with Gasteiger partial charge in [-0.1, -0.05) is 57.6 Å². The van der Waals surface area contributed by atoms with Gasteiger partial charge in [0.15, 0.2) is 0 Å². The lowest BCUT2D eigenvalue weighted by Crippen LogP contribution is -2.04. The minimum absolute atomic E-state index is 0.161. The molecule has 3 nitrogen and oxygen atoms in total. The van der Waals surface area contributed by atoms with Gasteiger partial charge in [0.25, 0.3) is 0 Å². The topological polar surface area (TPSA) is 50.2 Å². The molecule has 120 valence electrons. The number of nitrogens with zero attached hydrogens (tertiary/aromatic N) is 1. The van der Waals surface area contributed by atoms with E-state index in [4.69, 9.17) is 5.11 Å². The summed E-state index contributed by atoms with van der Waals surface area (Å²) in [5, 5.41) is 8.52. The third-order valence-corrected chi connectivity index (χ3v) is 3.23. The number of carboxylic acid groups (broad SMARTS) is 1. The van der Waals surface area contributed by atoms with Crippen LogP contribution >= 0.6 is 0 Å². The summed E-state index contributed by atoms with van der Waals surface area (Å²) in [4.78, 5) is 14.4. The number of pyridine rings is 1. The van der Waals surface area contributed by atoms with Crippen LogP contribution < -0.4 is 0 Å². The zero-order chi connectivity index (χ0) is 16.8. The lowest BCUT2D eigenvalue weighted by Gasteiger charge is -2.07. The van der Waals surface area contributed by atoms with Gasteiger partial charge in [-0.05, 0) is 30.0 Å². The van der Waals surface area contributed by atoms with Gasteiger partial charge in [0.1, 0.15) is 0 Å². The van der Waals surface area contributed by atoms with Gasteiger partial charge in [-0.3, -0.25) is 9.78 Å². The quantitative estimate of drug-likeness (QED) is 0.503. The molecule has 0 aromatic carbocycles. The van der Waals surface area contributed by atoms with Crippen LogP contribution in [0.25, 0.3) is 12.2 Å².